The number of hydrazine groups is 1. The van der Waals surface area contributed by atoms with E-state index in [-0.39, 0.29) is 12.5 Å². The fraction of sp³-hybridized carbons (Fsp3) is 0.625. The molecule has 1 aromatic rings. The van der Waals surface area contributed by atoms with Gasteiger partial charge in [-0.05, 0) is 31.2 Å². The minimum absolute atomic E-state index is 0.0200. The number of benzene rings is 1. The number of nitrogens with one attached hydrogen (secondary N) is 3. The topological polar surface area (TPSA) is 54.5 Å². The van der Waals surface area contributed by atoms with Crippen LogP contribution in [-0.2, 0) is 0 Å². The van der Waals surface area contributed by atoms with Crippen LogP contribution in [0, 0.1) is 0 Å². The van der Waals surface area contributed by atoms with Gasteiger partial charge in [-0.1, -0.05) is 19.9 Å². The van der Waals surface area contributed by atoms with Crippen LogP contribution in [0.5, 0.6) is 11.5 Å². The van der Waals surface area contributed by atoms with E-state index in [1.165, 1.54) is 21.3 Å². The molecule has 1 aromatic carbocycles. The molecular weight excluding hydrogens is 323 g/mol. The van der Waals surface area contributed by atoms with Gasteiger partial charge in [0.25, 0.3) is 0 Å². The third kappa shape index (κ3) is 5.85. The molecule has 138 valence electrons. The van der Waals surface area contributed by atoms with Crippen LogP contribution in [0.2, 0.25) is 0 Å². The molecular formula is C16H26F3N3O2. The maximum absolute atomic E-state index is 13.2. The SMILES string of the molecule is CNN[C@H](C[C@H](NC(C)C)c1ccc(OC)c(OC)c1)C(F)(F)F. The molecule has 2 atom stereocenters. The Morgan fingerprint density at radius 3 is 2.17 bits per heavy atom. The van der Waals surface area contributed by atoms with Crippen LogP contribution in [0.4, 0.5) is 13.2 Å². The van der Waals surface area contributed by atoms with Gasteiger partial charge in [-0.2, -0.15) is 13.2 Å². The molecule has 1 rings (SSSR count). The molecule has 0 fully saturated rings. The van der Waals surface area contributed by atoms with Gasteiger partial charge in [-0.3, -0.25) is 5.43 Å². The highest BCUT2D eigenvalue weighted by Gasteiger charge is 2.41. The second-order valence-corrected chi connectivity index (χ2v) is 5.71. The van der Waals surface area contributed by atoms with E-state index in [2.05, 4.69) is 16.2 Å². The van der Waals surface area contributed by atoms with Crippen molar-refractivity contribution >= 4 is 0 Å². The number of methoxy groups -OCH3 is 2. The summed E-state index contributed by atoms with van der Waals surface area (Å²) in [6, 6.07) is 2.97. The van der Waals surface area contributed by atoms with E-state index < -0.39 is 18.3 Å². The standard InChI is InChI=1S/C16H26F3N3O2/c1-10(2)21-12(9-15(22-20-3)16(17,18)19)11-6-7-13(23-4)14(8-11)24-5/h6-8,10,12,15,20-22H,9H2,1-5H3/t12-,15+/m0/s1. The van der Waals surface area contributed by atoms with E-state index in [1.807, 2.05) is 13.8 Å². The van der Waals surface area contributed by atoms with Gasteiger partial charge in [-0.25, -0.2) is 5.43 Å². The van der Waals surface area contributed by atoms with Crippen molar-refractivity contribution in [2.24, 2.45) is 0 Å². The lowest BCUT2D eigenvalue weighted by atomic mass is 9.98. The highest BCUT2D eigenvalue weighted by Crippen LogP contribution is 2.33. The van der Waals surface area contributed by atoms with Gasteiger partial charge in [0, 0.05) is 12.1 Å². The van der Waals surface area contributed by atoms with E-state index in [1.54, 1.807) is 18.2 Å². The second-order valence-electron chi connectivity index (χ2n) is 5.71. The van der Waals surface area contributed by atoms with E-state index >= 15 is 0 Å². The summed E-state index contributed by atoms with van der Waals surface area (Å²) < 4.78 is 50.1. The first-order chi connectivity index (χ1) is 11.2. The summed E-state index contributed by atoms with van der Waals surface area (Å²) >= 11 is 0. The van der Waals surface area contributed by atoms with Gasteiger partial charge in [0.2, 0.25) is 0 Å². The summed E-state index contributed by atoms with van der Waals surface area (Å²) in [5, 5.41) is 3.18. The molecule has 0 aliphatic rings. The molecule has 0 radical (unpaired) electrons. The molecule has 0 unspecified atom stereocenters. The summed E-state index contributed by atoms with van der Waals surface area (Å²) in [5.74, 6) is 1.01. The van der Waals surface area contributed by atoms with Crippen molar-refractivity contribution in [3.05, 3.63) is 23.8 Å². The molecule has 5 nitrogen and oxygen atoms in total. The predicted molar refractivity (Wildman–Crippen MR) is 87.2 cm³/mol. The summed E-state index contributed by atoms with van der Waals surface area (Å²) in [7, 11) is 4.42. The number of alkyl halides is 3. The molecule has 0 heterocycles. The quantitative estimate of drug-likeness (QED) is 0.599. The summed E-state index contributed by atoms with van der Waals surface area (Å²) in [6.07, 6.45) is -4.53. The van der Waals surface area contributed by atoms with Crippen molar-refractivity contribution in [1.82, 2.24) is 16.2 Å². The first-order valence-electron chi connectivity index (χ1n) is 7.69. The maximum atomic E-state index is 13.2. The Labute approximate surface area is 140 Å². The molecule has 0 spiro atoms. The number of ether oxygens (including phenoxy) is 2. The Bertz CT molecular complexity index is 510. The first-order valence-corrected chi connectivity index (χ1v) is 7.69. The average Bonchev–Trinajstić information content (AvgIpc) is 2.51. The Morgan fingerprint density at radius 2 is 1.71 bits per heavy atom. The van der Waals surface area contributed by atoms with Gasteiger partial charge in [0.1, 0.15) is 6.04 Å². The van der Waals surface area contributed by atoms with Crippen molar-refractivity contribution in [2.45, 2.75) is 44.6 Å². The highest BCUT2D eigenvalue weighted by molar-refractivity contribution is 5.43. The fourth-order valence-electron chi connectivity index (χ4n) is 2.46. The maximum Gasteiger partial charge on any atom is 0.405 e. The van der Waals surface area contributed by atoms with Gasteiger partial charge in [0.05, 0.1) is 14.2 Å². The van der Waals surface area contributed by atoms with Crippen molar-refractivity contribution in [1.29, 1.82) is 0 Å². The molecule has 0 aromatic heterocycles. The molecule has 24 heavy (non-hydrogen) atoms. The van der Waals surface area contributed by atoms with Crippen molar-refractivity contribution < 1.29 is 22.6 Å². The van der Waals surface area contributed by atoms with Crippen molar-refractivity contribution in [3.8, 4) is 11.5 Å². The molecule has 0 saturated heterocycles. The van der Waals surface area contributed by atoms with Crippen molar-refractivity contribution in [3.63, 3.8) is 0 Å². The molecule has 8 heteroatoms. The molecule has 0 aliphatic carbocycles. The normalized spacial score (nSPS) is 14.5. The number of rotatable bonds is 9. The number of halogens is 3. The molecule has 3 N–H and O–H groups in total. The lowest BCUT2D eigenvalue weighted by molar-refractivity contribution is -0.161. The van der Waals surface area contributed by atoms with E-state index in [9.17, 15) is 13.2 Å². The first kappa shape index (κ1) is 20.5. The zero-order valence-electron chi connectivity index (χ0n) is 14.6. The van der Waals surface area contributed by atoms with E-state index in [0.29, 0.717) is 17.1 Å². The second kappa shape index (κ2) is 9.10. The minimum Gasteiger partial charge on any atom is -0.493 e. The Balaban J connectivity index is 3.12. The van der Waals surface area contributed by atoms with Gasteiger partial charge in [-0.15, -0.1) is 0 Å². The predicted octanol–water partition coefficient (Wildman–Crippen LogP) is 2.79. The molecule has 0 aliphatic heterocycles. The smallest absolute Gasteiger partial charge is 0.405 e. The number of hydrogen-bond donors (Lipinski definition) is 3. The number of hydrogen-bond acceptors (Lipinski definition) is 5. The van der Waals surface area contributed by atoms with Gasteiger partial charge in [0.15, 0.2) is 11.5 Å². The van der Waals surface area contributed by atoms with Crippen LogP contribution < -0.4 is 25.6 Å². The lowest BCUT2D eigenvalue weighted by Gasteiger charge is -2.28. The zero-order chi connectivity index (χ0) is 18.3. The average molecular weight is 349 g/mol. The molecule has 0 saturated carbocycles. The highest BCUT2D eigenvalue weighted by atomic mass is 19.4. The Hall–Kier alpha value is -1.51. The summed E-state index contributed by atoms with van der Waals surface area (Å²) in [5.41, 5.74) is 5.36. The van der Waals surface area contributed by atoms with E-state index in [4.69, 9.17) is 9.47 Å². The Kier molecular flexibility index (Phi) is 7.78. The van der Waals surface area contributed by atoms with Crippen molar-refractivity contribution in [2.75, 3.05) is 21.3 Å². The van der Waals surface area contributed by atoms with E-state index in [0.717, 1.165) is 0 Å². The summed E-state index contributed by atoms with van der Waals surface area (Å²) in [6.45, 7) is 3.78. The van der Waals surface area contributed by atoms with Crippen LogP contribution in [-0.4, -0.2) is 39.5 Å². The molecule has 0 bridgehead atoms. The van der Waals surface area contributed by atoms with Gasteiger partial charge >= 0.3 is 6.18 Å². The van der Waals surface area contributed by atoms with Crippen LogP contribution in [0.25, 0.3) is 0 Å². The minimum atomic E-state index is -4.36. The van der Waals surface area contributed by atoms with Crippen LogP contribution in [0.1, 0.15) is 31.9 Å². The largest absolute Gasteiger partial charge is 0.493 e. The van der Waals surface area contributed by atoms with Gasteiger partial charge < -0.3 is 14.8 Å². The third-order valence-corrected chi connectivity index (χ3v) is 3.53. The fourth-order valence-corrected chi connectivity index (χ4v) is 2.46. The monoisotopic (exact) mass is 349 g/mol. The zero-order valence-corrected chi connectivity index (χ0v) is 14.6. The Morgan fingerprint density at radius 1 is 1.08 bits per heavy atom. The van der Waals surface area contributed by atoms with Crippen LogP contribution >= 0.6 is 0 Å². The third-order valence-electron chi connectivity index (χ3n) is 3.53. The lowest BCUT2D eigenvalue weighted by Crippen LogP contribution is -2.50. The summed E-state index contributed by atoms with van der Waals surface area (Å²) in [4.78, 5) is 0. The molecule has 0 amide bonds. The van der Waals surface area contributed by atoms with Crippen LogP contribution in [0.3, 0.4) is 0 Å². The van der Waals surface area contributed by atoms with Crippen LogP contribution in [0.15, 0.2) is 18.2 Å².